The molecule has 2 N–H and O–H groups in total. The maximum Gasteiger partial charge on any atom is 0.270 e. The molecule has 0 fully saturated rings. The first-order valence-corrected chi connectivity index (χ1v) is 9.42. The van der Waals surface area contributed by atoms with E-state index in [1.807, 2.05) is 55.5 Å². The minimum Gasteiger partial charge on any atom is -0.497 e. The fraction of sp³-hybridized carbons (Fsp3) is 0.227. The van der Waals surface area contributed by atoms with Gasteiger partial charge < -0.3 is 20.1 Å². The summed E-state index contributed by atoms with van der Waals surface area (Å²) in [5.41, 5.74) is 2.24. The molecule has 7 nitrogen and oxygen atoms in total. The van der Waals surface area contributed by atoms with Crippen LogP contribution >= 0.6 is 0 Å². The van der Waals surface area contributed by atoms with Crippen LogP contribution in [0.5, 0.6) is 11.5 Å². The van der Waals surface area contributed by atoms with Crippen molar-refractivity contribution >= 4 is 17.5 Å². The summed E-state index contributed by atoms with van der Waals surface area (Å²) in [5.74, 6) is 1.72. The first-order valence-electron chi connectivity index (χ1n) is 9.42. The van der Waals surface area contributed by atoms with E-state index in [1.165, 1.54) is 0 Å². The molecule has 0 atom stereocenters. The summed E-state index contributed by atoms with van der Waals surface area (Å²) in [6.45, 7) is 3.07. The van der Waals surface area contributed by atoms with Crippen molar-refractivity contribution in [3.8, 4) is 11.5 Å². The molecule has 0 aliphatic carbocycles. The fourth-order valence-electron chi connectivity index (χ4n) is 2.68. The van der Waals surface area contributed by atoms with Gasteiger partial charge in [-0.1, -0.05) is 12.1 Å². The Bertz CT molecular complexity index is 928. The molecule has 0 bridgehead atoms. The van der Waals surface area contributed by atoms with Gasteiger partial charge >= 0.3 is 0 Å². The zero-order chi connectivity index (χ0) is 20.5. The molecule has 3 aromatic rings. The van der Waals surface area contributed by atoms with Crippen molar-refractivity contribution in [2.24, 2.45) is 0 Å². The molecule has 29 heavy (non-hydrogen) atoms. The number of anilines is 2. The third kappa shape index (κ3) is 5.93. The van der Waals surface area contributed by atoms with Gasteiger partial charge in [-0.25, -0.2) is 9.97 Å². The summed E-state index contributed by atoms with van der Waals surface area (Å²) in [4.78, 5) is 20.9. The number of nitrogens with zero attached hydrogens (tertiary/aromatic N) is 2. The average Bonchev–Trinajstić information content (AvgIpc) is 2.76. The lowest BCUT2D eigenvalue weighted by atomic mass is 10.1. The molecule has 1 aromatic heterocycles. The zero-order valence-corrected chi connectivity index (χ0v) is 16.5. The van der Waals surface area contributed by atoms with Crippen LogP contribution in [-0.2, 0) is 6.42 Å². The molecular formula is C22H24N4O3. The van der Waals surface area contributed by atoms with Gasteiger partial charge in [0.05, 0.1) is 13.7 Å². The minimum absolute atomic E-state index is 0.240. The number of hydrogen-bond donors (Lipinski definition) is 2. The molecule has 1 heterocycles. The van der Waals surface area contributed by atoms with E-state index >= 15 is 0 Å². The standard InChI is InChI=1S/C22H24N4O3/c1-3-29-19-10-6-17(7-11-19)25-22-24-15-13-20(26-22)21(27)23-14-12-16-4-8-18(28-2)9-5-16/h4-11,13,15H,3,12,14H2,1-2H3,(H,23,27)(H,24,25,26). The van der Waals surface area contributed by atoms with E-state index < -0.39 is 0 Å². The van der Waals surface area contributed by atoms with Crippen LogP contribution in [0.4, 0.5) is 11.6 Å². The highest BCUT2D eigenvalue weighted by molar-refractivity contribution is 5.92. The Morgan fingerprint density at radius 1 is 1.00 bits per heavy atom. The van der Waals surface area contributed by atoms with E-state index in [0.717, 1.165) is 29.2 Å². The van der Waals surface area contributed by atoms with E-state index in [0.29, 0.717) is 24.8 Å². The van der Waals surface area contributed by atoms with Crippen molar-refractivity contribution in [3.05, 3.63) is 72.1 Å². The molecule has 0 saturated heterocycles. The molecule has 0 radical (unpaired) electrons. The van der Waals surface area contributed by atoms with Gasteiger partial charge in [-0.15, -0.1) is 0 Å². The fourth-order valence-corrected chi connectivity index (χ4v) is 2.68. The molecule has 7 heteroatoms. The molecule has 0 unspecified atom stereocenters. The van der Waals surface area contributed by atoms with E-state index in [2.05, 4.69) is 20.6 Å². The number of methoxy groups -OCH3 is 1. The Morgan fingerprint density at radius 3 is 2.41 bits per heavy atom. The third-order valence-electron chi connectivity index (χ3n) is 4.17. The van der Waals surface area contributed by atoms with Crippen LogP contribution in [0.2, 0.25) is 0 Å². The van der Waals surface area contributed by atoms with Gasteiger partial charge in [-0.3, -0.25) is 4.79 Å². The number of aromatic nitrogens is 2. The molecular weight excluding hydrogens is 368 g/mol. The highest BCUT2D eigenvalue weighted by Gasteiger charge is 2.09. The van der Waals surface area contributed by atoms with Crippen molar-refractivity contribution in [1.29, 1.82) is 0 Å². The Hall–Kier alpha value is -3.61. The Morgan fingerprint density at radius 2 is 1.72 bits per heavy atom. The van der Waals surface area contributed by atoms with Crippen LogP contribution in [0.1, 0.15) is 23.0 Å². The highest BCUT2D eigenvalue weighted by atomic mass is 16.5. The van der Waals surface area contributed by atoms with Gasteiger partial charge in [0.2, 0.25) is 5.95 Å². The second-order valence-corrected chi connectivity index (χ2v) is 6.20. The summed E-state index contributed by atoms with van der Waals surface area (Å²) in [5, 5.41) is 5.98. The first-order chi connectivity index (χ1) is 14.2. The summed E-state index contributed by atoms with van der Waals surface area (Å²) in [6, 6.07) is 16.8. The first kappa shape index (κ1) is 20.1. The third-order valence-corrected chi connectivity index (χ3v) is 4.17. The van der Waals surface area contributed by atoms with Gasteiger partial charge in [-0.2, -0.15) is 0 Å². The zero-order valence-electron chi connectivity index (χ0n) is 16.5. The average molecular weight is 392 g/mol. The summed E-state index contributed by atoms with van der Waals surface area (Å²) in [6.07, 6.45) is 2.28. The smallest absolute Gasteiger partial charge is 0.270 e. The van der Waals surface area contributed by atoms with Gasteiger partial charge in [0, 0.05) is 18.4 Å². The van der Waals surface area contributed by atoms with E-state index in [9.17, 15) is 4.79 Å². The molecule has 0 aliphatic heterocycles. The monoisotopic (exact) mass is 392 g/mol. The summed E-state index contributed by atoms with van der Waals surface area (Å²) >= 11 is 0. The molecule has 0 aliphatic rings. The molecule has 2 aromatic carbocycles. The second kappa shape index (κ2) is 10.1. The van der Waals surface area contributed by atoms with Crippen molar-refractivity contribution in [2.45, 2.75) is 13.3 Å². The van der Waals surface area contributed by atoms with E-state index in [1.54, 1.807) is 19.4 Å². The van der Waals surface area contributed by atoms with Crippen molar-refractivity contribution in [2.75, 3.05) is 25.6 Å². The number of nitrogens with one attached hydrogen (secondary N) is 2. The Labute approximate surface area is 170 Å². The Balaban J connectivity index is 1.54. The number of rotatable bonds is 9. The number of benzene rings is 2. The quantitative estimate of drug-likeness (QED) is 0.579. The Kier molecular flexibility index (Phi) is 7.00. The molecule has 1 amide bonds. The normalized spacial score (nSPS) is 10.3. The molecule has 0 saturated carbocycles. The number of amides is 1. The summed E-state index contributed by atoms with van der Waals surface area (Å²) < 4.78 is 10.6. The lowest BCUT2D eigenvalue weighted by Gasteiger charge is -2.09. The molecule has 150 valence electrons. The van der Waals surface area contributed by atoms with Crippen LogP contribution < -0.4 is 20.1 Å². The number of carbonyl (C=O) groups excluding carboxylic acids is 1. The SMILES string of the molecule is CCOc1ccc(Nc2nccc(C(=O)NCCc3ccc(OC)cc3)n2)cc1. The van der Waals surface area contributed by atoms with Gasteiger partial charge in [0.15, 0.2) is 0 Å². The van der Waals surface area contributed by atoms with Crippen LogP contribution in [0.25, 0.3) is 0 Å². The van der Waals surface area contributed by atoms with Crippen LogP contribution in [0.15, 0.2) is 60.8 Å². The lowest BCUT2D eigenvalue weighted by Crippen LogP contribution is -2.26. The number of hydrogen-bond acceptors (Lipinski definition) is 6. The van der Waals surface area contributed by atoms with Gasteiger partial charge in [0.25, 0.3) is 5.91 Å². The van der Waals surface area contributed by atoms with Crippen molar-refractivity contribution < 1.29 is 14.3 Å². The molecule has 3 rings (SSSR count). The minimum atomic E-state index is -0.240. The topological polar surface area (TPSA) is 85.4 Å². The van der Waals surface area contributed by atoms with Crippen LogP contribution in [0, 0.1) is 0 Å². The van der Waals surface area contributed by atoms with Gasteiger partial charge in [0.1, 0.15) is 17.2 Å². The van der Waals surface area contributed by atoms with Crippen LogP contribution in [0.3, 0.4) is 0 Å². The van der Waals surface area contributed by atoms with Crippen molar-refractivity contribution in [3.63, 3.8) is 0 Å². The molecule has 0 spiro atoms. The lowest BCUT2D eigenvalue weighted by molar-refractivity contribution is 0.0949. The highest BCUT2D eigenvalue weighted by Crippen LogP contribution is 2.18. The second-order valence-electron chi connectivity index (χ2n) is 6.20. The van der Waals surface area contributed by atoms with E-state index in [4.69, 9.17) is 9.47 Å². The largest absolute Gasteiger partial charge is 0.497 e. The van der Waals surface area contributed by atoms with E-state index in [-0.39, 0.29) is 5.91 Å². The number of carbonyl (C=O) groups is 1. The summed E-state index contributed by atoms with van der Waals surface area (Å²) in [7, 11) is 1.63. The predicted molar refractivity (Wildman–Crippen MR) is 112 cm³/mol. The van der Waals surface area contributed by atoms with Crippen LogP contribution in [-0.4, -0.2) is 36.1 Å². The van der Waals surface area contributed by atoms with Crippen molar-refractivity contribution in [1.82, 2.24) is 15.3 Å². The number of ether oxygens (including phenoxy) is 2. The maximum atomic E-state index is 12.4. The predicted octanol–water partition coefficient (Wildman–Crippen LogP) is 3.60. The maximum absolute atomic E-state index is 12.4. The van der Waals surface area contributed by atoms with Gasteiger partial charge in [-0.05, 0) is 61.4 Å².